The molecule has 0 atom stereocenters. The third-order valence-corrected chi connectivity index (χ3v) is 2.15. The van der Waals surface area contributed by atoms with Gasteiger partial charge < -0.3 is 20.6 Å². The van der Waals surface area contributed by atoms with Gasteiger partial charge in [-0.25, -0.2) is 0 Å². The van der Waals surface area contributed by atoms with Crippen LogP contribution in [0.1, 0.15) is 6.92 Å². The van der Waals surface area contributed by atoms with Crippen LogP contribution in [0.3, 0.4) is 0 Å². The van der Waals surface area contributed by atoms with Crippen LogP contribution in [0.15, 0.2) is 24.4 Å². The van der Waals surface area contributed by atoms with Crippen molar-refractivity contribution in [3.63, 3.8) is 0 Å². The Morgan fingerprint density at radius 2 is 1.73 bits per heavy atom. The van der Waals surface area contributed by atoms with Crippen molar-refractivity contribution < 1.29 is 15.3 Å². The number of aliphatic hydroxyl groups is 3. The summed E-state index contributed by atoms with van der Waals surface area (Å²) in [6.07, 6.45) is 6.67. The van der Waals surface area contributed by atoms with Gasteiger partial charge in [-0.05, 0) is 25.3 Å². The molecule has 0 unspecified atom stereocenters. The molecule has 5 heteroatoms. The first-order chi connectivity index (χ1) is 7.14. The lowest BCUT2D eigenvalue weighted by Crippen LogP contribution is -2.52. The fourth-order valence-electron chi connectivity index (χ4n) is 0.807. The van der Waals surface area contributed by atoms with Gasteiger partial charge in [-0.1, -0.05) is 18.3 Å². The lowest BCUT2D eigenvalue weighted by molar-refractivity contribution is 0.0520. The molecule has 0 bridgehead atoms. The second-order valence-corrected chi connectivity index (χ2v) is 3.61. The Bertz CT molecular complexity index is 239. The lowest BCUT2D eigenvalue weighted by atomic mass is 10.0. The van der Waals surface area contributed by atoms with E-state index in [1.807, 2.05) is 13.0 Å². The van der Waals surface area contributed by atoms with Crippen molar-refractivity contribution in [3.8, 4) is 0 Å². The van der Waals surface area contributed by atoms with Gasteiger partial charge in [0.05, 0.1) is 19.8 Å². The molecule has 0 saturated carbocycles. The molecular formula is C10H17NO3S. The molecule has 0 amide bonds. The Morgan fingerprint density at radius 3 is 2.13 bits per heavy atom. The van der Waals surface area contributed by atoms with Crippen molar-refractivity contribution in [1.29, 1.82) is 0 Å². The largest absolute Gasteiger partial charge is 0.394 e. The predicted molar refractivity (Wildman–Crippen MR) is 63.7 cm³/mol. The molecule has 0 fully saturated rings. The van der Waals surface area contributed by atoms with Crippen LogP contribution in [0.25, 0.3) is 0 Å². The Labute approximate surface area is 94.9 Å². The van der Waals surface area contributed by atoms with Crippen molar-refractivity contribution in [3.05, 3.63) is 24.4 Å². The zero-order valence-corrected chi connectivity index (χ0v) is 9.50. The number of rotatable bonds is 7. The van der Waals surface area contributed by atoms with Crippen LogP contribution >= 0.6 is 12.2 Å². The fourth-order valence-corrected chi connectivity index (χ4v) is 1.01. The van der Waals surface area contributed by atoms with E-state index >= 15 is 0 Å². The van der Waals surface area contributed by atoms with Crippen LogP contribution in [0.2, 0.25) is 0 Å². The highest BCUT2D eigenvalue weighted by atomic mass is 32.1. The zero-order chi connectivity index (χ0) is 11.7. The number of thiocarbonyl (C=S) groups is 1. The molecule has 0 heterocycles. The third-order valence-electron chi connectivity index (χ3n) is 1.88. The van der Waals surface area contributed by atoms with E-state index in [-0.39, 0.29) is 19.8 Å². The summed E-state index contributed by atoms with van der Waals surface area (Å²) in [5.41, 5.74) is -1.10. The van der Waals surface area contributed by atoms with E-state index < -0.39 is 5.54 Å². The van der Waals surface area contributed by atoms with Crippen LogP contribution in [0, 0.1) is 0 Å². The van der Waals surface area contributed by atoms with Gasteiger partial charge in [0, 0.05) is 4.86 Å². The number of hydrogen-bond acceptors (Lipinski definition) is 5. The molecule has 0 radical (unpaired) electrons. The Hall–Kier alpha value is -0.750. The maximum absolute atomic E-state index is 8.98. The number of hydrogen-bond donors (Lipinski definition) is 4. The fraction of sp³-hybridized carbons (Fsp3) is 0.500. The van der Waals surface area contributed by atoms with Crippen LogP contribution < -0.4 is 5.32 Å². The molecule has 86 valence electrons. The number of aliphatic hydroxyl groups excluding tert-OH is 3. The minimum atomic E-state index is -1.10. The summed E-state index contributed by atoms with van der Waals surface area (Å²) in [7, 11) is 0. The quantitative estimate of drug-likeness (QED) is 0.359. The first-order valence-electron chi connectivity index (χ1n) is 4.57. The third kappa shape index (κ3) is 5.03. The summed E-state index contributed by atoms with van der Waals surface area (Å²) in [4.78, 5) is 0.618. The first kappa shape index (κ1) is 14.2. The van der Waals surface area contributed by atoms with E-state index in [0.717, 1.165) is 0 Å². The van der Waals surface area contributed by atoms with Crippen LogP contribution in [-0.2, 0) is 0 Å². The van der Waals surface area contributed by atoms with Gasteiger partial charge in [-0.15, -0.1) is 0 Å². The maximum atomic E-state index is 8.98. The Balaban J connectivity index is 4.27. The highest BCUT2D eigenvalue weighted by molar-refractivity contribution is 7.81. The molecule has 4 nitrogen and oxygen atoms in total. The smallest absolute Gasteiger partial charge is 0.106 e. The van der Waals surface area contributed by atoms with E-state index in [1.54, 1.807) is 12.2 Å². The average Bonchev–Trinajstić information content (AvgIpc) is 2.25. The van der Waals surface area contributed by atoms with Crippen molar-refractivity contribution in [2.75, 3.05) is 19.8 Å². The summed E-state index contributed by atoms with van der Waals surface area (Å²) < 4.78 is 0. The van der Waals surface area contributed by atoms with Crippen LogP contribution in [-0.4, -0.2) is 45.5 Å². The molecule has 0 aromatic heterocycles. The van der Waals surface area contributed by atoms with Gasteiger partial charge in [-0.3, -0.25) is 0 Å². The highest BCUT2D eigenvalue weighted by Crippen LogP contribution is 2.01. The van der Waals surface area contributed by atoms with Crippen molar-refractivity contribution in [2.45, 2.75) is 12.5 Å². The highest BCUT2D eigenvalue weighted by Gasteiger charge is 2.25. The SMILES string of the molecule is C/C=C\C(=S)/C=C\NC(CO)(CO)CO. The predicted octanol–water partition coefficient (Wildman–Crippen LogP) is -0.249. The van der Waals surface area contributed by atoms with Gasteiger partial charge in [0.15, 0.2) is 0 Å². The summed E-state index contributed by atoms with van der Waals surface area (Å²) in [5.74, 6) is 0. The average molecular weight is 231 g/mol. The standard InChI is InChI=1S/C10H17NO3S/c1-2-3-9(15)4-5-11-10(6-12,7-13)8-14/h2-5,11-14H,6-8H2,1H3/b3-2-,5-4-. The van der Waals surface area contributed by atoms with Gasteiger partial charge >= 0.3 is 0 Å². The van der Waals surface area contributed by atoms with Crippen molar-refractivity contribution in [2.24, 2.45) is 0 Å². The van der Waals surface area contributed by atoms with E-state index in [2.05, 4.69) is 5.32 Å². The second-order valence-electron chi connectivity index (χ2n) is 3.13. The molecule has 0 aromatic carbocycles. The maximum Gasteiger partial charge on any atom is 0.106 e. The Morgan fingerprint density at radius 1 is 1.20 bits per heavy atom. The molecule has 0 aliphatic heterocycles. The minimum absolute atomic E-state index is 0.360. The number of nitrogens with one attached hydrogen (secondary N) is 1. The molecule has 0 rings (SSSR count). The van der Waals surface area contributed by atoms with Gasteiger partial charge in [-0.2, -0.15) is 0 Å². The molecule has 0 aliphatic rings. The lowest BCUT2D eigenvalue weighted by Gasteiger charge is -2.27. The number of allylic oxidation sites excluding steroid dienone is 3. The van der Waals surface area contributed by atoms with E-state index in [4.69, 9.17) is 27.5 Å². The van der Waals surface area contributed by atoms with Gasteiger partial charge in [0.2, 0.25) is 0 Å². The molecular weight excluding hydrogens is 214 g/mol. The topological polar surface area (TPSA) is 72.7 Å². The molecule has 4 N–H and O–H groups in total. The minimum Gasteiger partial charge on any atom is -0.394 e. The monoisotopic (exact) mass is 231 g/mol. The Kier molecular flexibility index (Phi) is 7.15. The van der Waals surface area contributed by atoms with Gasteiger partial charge in [0.25, 0.3) is 0 Å². The molecule has 0 spiro atoms. The van der Waals surface area contributed by atoms with E-state index in [9.17, 15) is 0 Å². The summed E-state index contributed by atoms with van der Waals surface area (Å²) in [6, 6.07) is 0. The summed E-state index contributed by atoms with van der Waals surface area (Å²) >= 11 is 4.95. The van der Waals surface area contributed by atoms with Crippen molar-refractivity contribution in [1.82, 2.24) is 5.32 Å². The van der Waals surface area contributed by atoms with Crippen molar-refractivity contribution >= 4 is 17.1 Å². The van der Waals surface area contributed by atoms with Gasteiger partial charge in [0.1, 0.15) is 5.54 Å². The zero-order valence-electron chi connectivity index (χ0n) is 8.68. The molecule has 0 aromatic rings. The first-order valence-corrected chi connectivity index (χ1v) is 4.98. The summed E-state index contributed by atoms with van der Waals surface area (Å²) in [5, 5.41) is 29.7. The molecule has 0 saturated heterocycles. The van der Waals surface area contributed by atoms with E-state index in [0.29, 0.717) is 4.86 Å². The van der Waals surface area contributed by atoms with Crippen LogP contribution in [0.5, 0.6) is 0 Å². The molecule has 15 heavy (non-hydrogen) atoms. The normalized spacial score (nSPS) is 12.5. The molecule has 0 aliphatic carbocycles. The van der Waals surface area contributed by atoms with E-state index in [1.165, 1.54) is 6.20 Å². The van der Waals surface area contributed by atoms with Crippen LogP contribution in [0.4, 0.5) is 0 Å². The summed E-state index contributed by atoms with van der Waals surface area (Å²) in [6.45, 7) is 0.773. The second kappa shape index (κ2) is 7.53.